The second-order valence-corrected chi connectivity index (χ2v) is 2.24. The van der Waals surface area contributed by atoms with Crippen molar-refractivity contribution >= 4 is 11.6 Å². The number of carboxylic acids is 1. The molecule has 13 heavy (non-hydrogen) atoms. The monoisotopic (exact) mass is 169 g/mol. The molecule has 0 aliphatic carbocycles. The van der Waals surface area contributed by atoms with Crippen LogP contribution in [0.25, 0.3) is 5.65 Å². The van der Waals surface area contributed by atoms with E-state index in [-0.39, 0.29) is 24.6 Å². The second-order valence-electron chi connectivity index (χ2n) is 2.24. The minimum absolute atomic E-state index is 0. The number of aromatic carboxylic acids is 1. The van der Waals surface area contributed by atoms with E-state index < -0.39 is 5.97 Å². The third-order valence-electron chi connectivity index (χ3n) is 1.53. The standard InChI is InChI=1S/C7H5N3O2.Li/c11-7(12)5-3-9-6-4-8-1-2-10(5)6;/h1-4H,(H,11,12);/q;+1/p-1. The van der Waals surface area contributed by atoms with E-state index in [0.29, 0.717) is 5.65 Å². The Morgan fingerprint density at radius 2 is 2.23 bits per heavy atom. The first kappa shape index (κ1) is 9.77. The van der Waals surface area contributed by atoms with Crippen molar-refractivity contribution in [1.82, 2.24) is 14.4 Å². The van der Waals surface area contributed by atoms with Crippen LogP contribution in [0.2, 0.25) is 0 Å². The molecular weight excluding hydrogens is 165 g/mol. The summed E-state index contributed by atoms with van der Waals surface area (Å²) in [7, 11) is 0. The van der Waals surface area contributed by atoms with E-state index in [0.717, 1.165) is 0 Å². The summed E-state index contributed by atoms with van der Waals surface area (Å²) in [5.41, 5.74) is 0.532. The number of aromatic nitrogens is 3. The minimum Gasteiger partial charge on any atom is -0.543 e. The Kier molecular flexibility index (Phi) is 2.71. The Morgan fingerprint density at radius 3 is 2.92 bits per heavy atom. The molecule has 0 spiro atoms. The third-order valence-corrected chi connectivity index (χ3v) is 1.53. The fourth-order valence-corrected chi connectivity index (χ4v) is 0.993. The van der Waals surface area contributed by atoms with E-state index >= 15 is 0 Å². The number of imidazole rings is 1. The summed E-state index contributed by atoms with van der Waals surface area (Å²) >= 11 is 0. The quantitative estimate of drug-likeness (QED) is 0.409. The van der Waals surface area contributed by atoms with E-state index in [2.05, 4.69) is 9.97 Å². The van der Waals surface area contributed by atoms with Crippen LogP contribution in [0.3, 0.4) is 0 Å². The molecule has 0 aliphatic heterocycles. The number of hydrogen-bond donors (Lipinski definition) is 0. The van der Waals surface area contributed by atoms with E-state index in [1.54, 1.807) is 0 Å². The molecule has 0 saturated heterocycles. The molecule has 2 rings (SSSR count). The first-order valence-corrected chi connectivity index (χ1v) is 3.27. The van der Waals surface area contributed by atoms with Crippen LogP contribution >= 0.6 is 0 Å². The van der Waals surface area contributed by atoms with Gasteiger partial charge < -0.3 is 9.90 Å². The van der Waals surface area contributed by atoms with E-state index in [1.807, 2.05) is 0 Å². The van der Waals surface area contributed by atoms with Crippen LogP contribution in [-0.2, 0) is 0 Å². The van der Waals surface area contributed by atoms with Gasteiger partial charge >= 0.3 is 18.9 Å². The first-order valence-electron chi connectivity index (χ1n) is 3.27. The van der Waals surface area contributed by atoms with Crippen LogP contribution in [-0.4, -0.2) is 20.3 Å². The fraction of sp³-hybridized carbons (Fsp3) is 0. The van der Waals surface area contributed by atoms with Crippen molar-refractivity contribution in [2.45, 2.75) is 0 Å². The van der Waals surface area contributed by atoms with Gasteiger partial charge in [-0.05, 0) is 0 Å². The van der Waals surface area contributed by atoms with Gasteiger partial charge in [0.05, 0.1) is 24.1 Å². The molecule has 0 aliphatic rings. The smallest absolute Gasteiger partial charge is 0.543 e. The largest absolute Gasteiger partial charge is 1.00 e. The van der Waals surface area contributed by atoms with Crippen molar-refractivity contribution in [3.8, 4) is 0 Å². The zero-order valence-electron chi connectivity index (χ0n) is 6.97. The van der Waals surface area contributed by atoms with Crippen molar-refractivity contribution in [2.75, 3.05) is 0 Å². The number of carboxylic acid groups (broad SMARTS) is 1. The summed E-state index contributed by atoms with van der Waals surface area (Å²) in [6.45, 7) is 0. The van der Waals surface area contributed by atoms with Gasteiger partial charge in [-0.1, -0.05) is 0 Å². The van der Waals surface area contributed by atoms with Gasteiger partial charge in [-0.3, -0.25) is 9.38 Å². The molecule has 2 aromatic rings. The molecule has 0 saturated carbocycles. The van der Waals surface area contributed by atoms with Gasteiger partial charge in [0.1, 0.15) is 0 Å². The summed E-state index contributed by atoms with van der Waals surface area (Å²) in [6, 6.07) is 0. The molecule has 0 fully saturated rings. The average molecular weight is 169 g/mol. The summed E-state index contributed by atoms with van der Waals surface area (Å²) in [5.74, 6) is -1.24. The average Bonchev–Trinajstić information content (AvgIpc) is 2.47. The number of nitrogens with zero attached hydrogens (tertiary/aromatic N) is 3. The van der Waals surface area contributed by atoms with Crippen LogP contribution < -0.4 is 24.0 Å². The normalized spacial score (nSPS) is 9.54. The van der Waals surface area contributed by atoms with Crippen molar-refractivity contribution in [1.29, 1.82) is 0 Å². The molecule has 0 atom stereocenters. The van der Waals surface area contributed by atoms with Crippen molar-refractivity contribution in [2.24, 2.45) is 0 Å². The van der Waals surface area contributed by atoms with Crippen molar-refractivity contribution in [3.05, 3.63) is 30.5 Å². The predicted molar refractivity (Wildman–Crippen MR) is 37.3 cm³/mol. The van der Waals surface area contributed by atoms with E-state index in [1.165, 1.54) is 29.2 Å². The minimum atomic E-state index is -1.24. The maximum absolute atomic E-state index is 10.5. The van der Waals surface area contributed by atoms with Crippen LogP contribution in [0.15, 0.2) is 24.8 Å². The van der Waals surface area contributed by atoms with Crippen molar-refractivity contribution < 1.29 is 28.8 Å². The Balaban J connectivity index is 0.000000845. The van der Waals surface area contributed by atoms with Crippen LogP contribution in [0.1, 0.15) is 10.5 Å². The fourth-order valence-electron chi connectivity index (χ4n) is 0.993. The van der Waals surface area contributed by atoms with Gasteiger partial charge in [-0.15, -0.1) is 0 Å². The van der Waals surface area contributed by atoms with Crippen LogP contribution in [0.4, 0.5) is 0 Å². The number of rotatable bonds is 1. The van der Waals surface area contributed by atoms with Gasteiger partial charge in [-0.2, -0.15) is 0 Å². The molecule has 2 heterocycles. The Morgan fingerprint density at radius 1 is 1.46 bits per heavy atom. The number of carbonyl (C=O) groups excluding carboxylic acids is 1. The Labute approximate surface area is 85.6 Å². The maximum atomic E-state index is 10.5. The molecule has 0 unspecified atom stereocenters. The van der Waals surface area contributed by atoms with Gasteiger partial charge in [0.2, 0.25) is 0 Å². The Hall–Kier alpha value is -1.31. The molecule has 2 aromatic heterocycles. The predicted octanol–water partition coefficient (Wildman–Crippen LogP) is -3.90. The van der Waals surface area contributed by atoms with E-state index in [9.17, 15) is 9.90 Å². The second kappa shape index (κ2) is 3.60. The molecular formula is C7H4LiN3O2. The zero-order valence-corrected chi connectivity index (χ0v) is 6.97. The topological polar surface area (TPSA) is 70.3 Å². The van der Waals surface area contributed by atoms with Crippen LogP contribution in [0.5, 0.6) is 0 Å². The van der Waals surface area contributed by atoms with E-state index in [4.69, 9.17) is 0 Å². The molecule has 0 aromatic carbocycles. The molecule has 5 nitrogen and oxygen atoms in total. The van der Waals surface area contributed by atoms with Gasteiger partial charge in [0, 0.05) is 12.4 Å². The van der Waals surface area contributed by atoms with Gasteiger partial charge in [0.15, 0.2) is 5.65 Å². The first-order chi connectivity index (χ1) is 5.79. The number of fused-ring (bicyclic) bond motifs is 1. The zero-order chi connectivity index (χ0) is 8.55. The van der Waals surface area contributed by atoms with Gasteiger partial charge in [-0.25, -0.2) is 4.98 Å². The number of carbonyl (C=O) groups is 1. The van der Waals surface area contributed by atoms with Crippen molar-refractivity contribution in [3.63, 3.8) is 0 Å². The molecule has 6 heteroatoms. The summed E-state index contributed by atoms with van der Waals surface area (Å²) in [6.07, 6.45) is 5.73. The van der Waals surface area contributed by atoms with Crippen LogP contribution in [0, 0.1) is 0 Å². The van der Waals surface area contributed by atoms with Gasteiger partial charge in [0.25, 0.3) is 0 Å². The number of hydrogen-bond acceptors (Lipinski definition) is 4. The molecule has 0 N–H and O–H groups in total. The Bertz CT molecular complexity index is 440. The molecule has 60 valence electrons. The summed E-state index contributed by atoms with van der Waals surface area (Å²) in [4.78, 5) is 18.1. The maximum Gasteiger partial charge on any atom is 1.00 e. The molecule has 0 bridgehead atoms. The summed E-state index contributed by atoms with van der Waals surface area (Å²) < 4.78 is 1.41. The molecule has 0 amide bonds. The third kappa shape index (κ3) is 1.57. The SMILES string of the molecule is O=C([O-])c1cnc2cnccn12.[Li+]. The molecule has 0 radical (unpaired) electrons. The summed E-state index contributed by atoms with van der Waals surface area (Å²) in [5, 5.41) is 10.5.